The van der Waals surface area contributed by atoms with Gasteiger partial charge in [-0.3, -0.25) is 4.79 Å². The molecule has 1 aromatic carbocycles. The first-order chi connectivity index (χ1) is 8.15. The zero-order valence-electron chi connectivity index (χ0n) is 9.03. The van der Waals surface area contributed by atoms with Crippen LogP contribution in [0.5, 0.6) is 0 Å². The van der Waals surface area contributed by atoms with E-state index in [-0.39, 0.29) is 18.3 Å². The summed E-state index contributed by atoms with van der Waals surface area (Å²) in [5, 5.41) is 2.66. The van der Waals surface area contributed by atoms with Gasteiger partial charge in [-0.1, -0.05) is 12.1 Å². The van der Waals surface area contributed by atoms with Crippen LogP contribution in [0.15, 0.2) is 36.5 Å². The highest BCUT2D eigenvalue weighted by Crippen LogP contribution is 2.06. The number of hydrogen-bond acceptors (Lipinski definition) is 2. The first-order valence-electron chi connectivity index (χ1n) is 5.11. The van der Waals surface area contributed by atoms with Crippen molar-refractivity contribution in [3.63, 3.8) is 0 Å². The SMILES string of the molecule is Nc1c[nH]c(C(=O)NCc2cccc(F)c2)c1. The minimum absolute atomic E-state index is 0.272. The zero-order valence-corrected chi connectivity index (χ0v) is 9.03. The highest BCUT2D eigenvalue weighted by molar-refractivity contribution is 5.93. The van der Waals surface area contributed by atoms with E-state index in [0.29, 0.717) is 16.9 Å². The molecule has 0 aliphatic heterocycles. The summed E-state index contributed by atoms with van der Waals surface area (Å²) in [5.41, 5.74) is 7.08. The van der Waals surface area contributed by atoms with Crippen molar-refractivity contribution in [1.82, 2.24) is 10.3 Å². The molecule has 2 rings (SSSR count). The van der Waals surface area contributed by atoms with E-state index in [1.807, 2.05) is 0 Å². The number of nitrogen functional groups attached to an aromatic ring is 1. The summed E-state index contributed by atoms with van der Waals surface area (Å²) in [7, 11) is 0. The van der Waals surface area contributed by atoms with Crippen molar-refractivity contribution < 1.29 is 9.18 Å². The fourth-order valence-corrected chi connectivity index (χ4v) is 1.47. The fourth-order valence-electron chi connectivity index (χ4n) is 1.47. The summed E-state index contributed by atoms with van der Waals surface area (Å²) in [6, 6.07) is 7.62. The number of aromatic nitrogens is 1. The molecule has 17 heavy (non-hydrogen) atoms. The lowest BCUT2D eigenvalue weighted by Gasteiger charge is -2.03. The number of nitrogens with two attached hydrogens (primary N) is 1. The summed E-state index contributed by atoms with van der Waals surface area (Å²) >= 11 is 0. The van der Waals surface area contributed by atoms with Gasteiger partial charge in [0, 0.05) is 18.4 Å². The third-order valence-electron chi connectivity index (χ3n) is 2.29. The minimum atomic E-state index is -0.319. The van der Waals surface area contributed by atoms with Gasteiger partial charge in [-0.05, 0) is 23.8 Å². The van der Waals surface area contributed by atoms with Gasteiger partial charge in [-0.25, -0.2) is 4.39 Å². The molecule has 0 saturated carbocycles. The van der Waals surface area contributed by atoms with Gasteiger partial charge in [0.05, 0.1) is 0 Å². The van der Waals surface area contributed by atoms with Gasteiger partial charge in [0.15, 0.2) is 0 Å². The lowest BCUT2D eigenvalue weighted by atomic mass is 10.2. The van der Waals surface area contributed by atoms with Crippen LogP contribution < -0.4 is 11.1 Å². The summed E-state index contributed by atoms with van der Waals surface area (Å²) in [6.07, 6.45) is 1.54. The number of halogens is 1. The van der Waals surface area contributed by atoms with Crippen molar-refractivity contribution in [3.05, 3.63) is 53.6 Å². The van der Waals surface area contributed by atoms with Crippen molar-refractivity contribution in [2.45, 2.75) is 6.54 Å². The van der Waals surface area contributed by atoms with Gasteiger partial charge in [0.2, 0.25) is 0 Å². The average Bonchev–Trinajstić information content (AvgIpc) is 2.73. The number of carbonyl (C=O) groups excluding carboxylic acids is 1. The number of hydrogen-bond donors (Lipinski definition) is 3. The van der Waals surface area contributed by atoms with Gasteiger partial charge in [0.1, 0.15) is 11.5 Å². The van der Waals surface area contributed by atoms with Crippen LogP contribution in [0.2, 0.25) is 0 Å². The van der Waals surface area contributed by atoms with Crippen LogP contribution >= 0.6 is 0 Å². The van der Waals surface area contributed by atoms with Crippen molar-refractivity contribution in [1.29, 1.82) is 0 Å². The average molecular weight is 233 g/mol. The Balaban J connectivity index is 1.97. The van der Waals surface area contributed by atoms with Crippen LogP contribution in [0, 0.1) is 5.82 Å². The Labute approximate surface area is 97.6 Å². The molecule has 0 radical (unpaired) electrons. The summed E-state index contributed by atoms with van der Waals surface area (Å²) in [5.74, 6) is -0.591. The van der Waals surface area contributed by atoms with Gasteiger partial charge in [0.25, 0.3) is 5.91 Å². The highest BCUT2D eigenvalue weighted by atomic mass is 19.1. The Morgan fingerprint density at radius 1 is 1.41 bits per heavy atom. The Bertz CT molecular complexity index is 536. The highest BCUT2D eigenvalue weighted by Gasteiger charge is 2.07. The molecule has 0 bridgehead atoms. The molecule has 0 atom stereocenters. The molecule has 0 fully saturated rings. The Morgan fingerprint density at radius 3 is 2.88 bits per heavy atom. The van der Waals surface area contributed by atoms with E-state index in [4.69, 9.17) is 5.73 Å². The lowest BCUT2D eigenvalue weighted by Crippen LogP contribution is -2.23. The summed E-state index contributed by atoms with van der Waals surface area (Å²) < 4.78 is 12.9. The number of H-pyrrole nitrogens is 1. The second-order valence-corrected chi connectivity index (χ2v) is 3.66. The maximum atomic E-state index is 12.9. The molecule has 4 nitrogen and oxygen atoms in total. The monoisotopic (exact) mass is 233 g/mol. The standard InChI is InChI=1S/C12H12FN3O/c13-9-3-1-2-8(4-9)6-16-12(17)11-5-10(14)7-15-11/h1-5,7,15H,6,14H2,(H,16,17). The number of carbonyl (C=O) groups is 1. The van der Waals surface area contributed by atoms with Crippen LogP contribution in [0.25, 0.3) is 0 Å². The quantitative estimate of drug-likeness (QED) is 0.754. The number of nitrogens with one attached hydrogen (secondary N) is 2. The minimum Gasteiger partial charge on any atom is -0.397 e. The Hall–Kier alpha value is -2.30. The van der Waals surface area contributed by atoms with Gasteiger partial charge in [-0.15, -0.1) is 0 Å². The molecule has 5 heteroatoms. The van der Waals surface area contributed by atoms with E-state index >= 15 is 0 Å². The predicted molar refractivity (Wildman–Crippen MR) is 62.8 cm³/mol. The first-order valence-corrected chi connectivity index (χ1v) is 5.11. The van der Waals surface area contributed by atoms with Crippen LogP contribution in [0.1, 0.15) is 16.1 Å². The number of aromatic amines is 1. The fraction of sp³-hybridized carbons (Fsp3) is 0.0833. The lowest BCUT2D eigenvalue weighted by molar-refractivity contribution is 0.0946. The molecule has 0 aliphatic rings. The molecular weight excluding hydrogens is 221 g/mol. The summed E-state index contributed by atoms with van der Waals surface area (Å²) in [4.78, 5) is 14.4. The van der Waals surface area contributed by atoms with E-state index < -0.39 is 0 Å². The molecule has 0 saturated heterocycles. The predicted octanol–water partition coefficient (Wildman–Crippen LogP) is 1.67. The molecule has 4 N–H and O–H groups in total. The van der Waals surface area contributed by atoms with Crippen LogP contribution in [-0.4, -0.2) is 10.9 Å². The van der Waals surface area contributed by atoms with Crippen molar-refractivity contribution >= 4 is 11.6 Å². The van der Waals surface area contributed by atoms with E-state index in [1.165, 1.54) is 18.3 Å². The normalized spacial score (nSPS) is 10.2. The molecule has 0 aliphatic carbocycles. The molecule has 2 aromatic rings. The Morgan fingerprint density at radius 2 is 2.24 bits per heavy atom. The molecule has 1 aromatic heterocycles. The molecule has 1 amide bonds. The second kappa shape index (κ2) is 4.69. The smallest absolute Gasteiger partial charge is 0.268 e. The molecular formula is C12H12FN3O. The number of amides is 1. The maximum Gasteiger partial charge on any atom is 0.268 e. The number of benzene rings is 1. The van der Waals surface area contributed by atoms with Gasteiger partial charge >= 0.3 is 0 Å². The van der Waals surface area contributed by atoms with E-state index in [0.717, 1.165) is 0 Å². The maximum absolute atomic E-state index is 12.9. The van der Waals surface area contributed by atoms with Gasteiger partial charge < -0.3 is 16.0 Å². The number of anilines is 1. The van der Waals surface area contributed by atoms with Crippen LogP contribution in [0.4, 0.5) is 10.1 Å². The molecule has 0 spiro atoms. The summed E-state index contributed by atoms with van der Waals surface area (Å²) in [6.45, 7) is 0.273. The Kier molecular flexibility index (Phi) is 3.09. The topological polar surface area (TPSA) is 70.9 Å². The van der Waals surface area contributed by atoms with E-state index in [9.17, 15) is 9.18 Å². The van der Waals surface area contributed by atoms with Crippen LogP contribution in [-0.2, 0) is 6.54 Å². The first kappa shape index (κ1) is 11.2. The molecule has 0 unspecified atom stereocenters. The third-order valence-corrected chi connectivity index (χ3v) is 2.29. The van der Waals surface area contributed by atoms with Crippen molar-refractivity contribution in [2.75, 3.05) is 5.73 Å². The molecule has 88 valence electrons. The van der Waals surface area contributed by atoms with Gasteiger partial charge in [-0.2, -0.15) is 0 Å². The zero-order chi connectivity index (χ0) is 12.3. The van der Waals surface area contributed by atoms with Crippen molar-refractivity contribution in [3.8, 4) is 0 Å². The largest absolute Gasteiger partial charge is 0.397 e. The molecule has 1 heterocycles. The van der Waals surface area contributed by atoms with Crippen LogP contribution in [0.3, 0.4) is 0 Å². The number of rotatable bonds is 3. The van der Waals surface area contributed by atoms with E-state index in [2.05, 4.69) is 10.3 Å². The second-order valence-electron chi connectivity index (χ2n) is 3.66. The van der Waals surface area contributed by atoms with Crippen molar-refractivity contribution in [2.24, 2.45) is 0 Å². The third kappa shape index (κ3) is 2.84. The van der Waals surface area contributed by atoms with E-state index in [1.54, 1.807) is 18.2 Å².